The maximum Gasteiger partial charge on any atom is 0.270 e. The molecule has 43 heavy (non-hydrogen) atoms. The van der Waals surface area contributed by atoms with Crippen molar-refractivity contribution < 1.29 is 31.7 Å². The molecule has 0 unspecified atom stereocenters. The molecule has 1 amide bonds. The highest BCUT2D eigenvalue weighted by Gasteiger charge is 2.22. The number of benzene rings is 4. The van der Waals surface area contributed by atoms with Gasteiger partial charge >= 0.3 is 0 Å². The number of anilines is 2. The molecule has 0 aliphatic rings. The fourth-order valence-electron chi connectivity index (χ4n) is 3.86. The first-order valence-corrected chi connectivity index (χ1v) is 15.8. The Morgan fingerprint density at radius 3 is 2.33 bits per heavy atom. The van der Waals surface area contributed by atoms with Crippen molar-refractivity contribution in [2.24, 2.45) is 10.2 Å². The van der Waals surface area contributed by atoms with Gasteiger partial charge in [-0.15, -0.1) is 10.2 Å². The first-order chi connectivity index (χ1) is 20.2. The number of aromatic hydroxyl groups is 1. The average molecular weight is 643 g/mol. The van der Waals surface area contributed by atoms with E-state index in [1.165, 1.54) is 36.4 Å². The van der Waals surface area contributed by atoms with E-state index in [2.05, 4.69) is 20.3 Å². The second-order valence-corrected chi connectivity index (χ2v) is 13.0. The van der Waals surface area contributed by atoms with Crippen LogP contribution in [0.2, 0.25) is 0 Å². The first kappa shape index (κ1) is 30.8. The lowest BCUT2D eigenvalue weighted by atomic mass is 10.0. The number of nitriles is 1. The number of hydrogen-bond acceptors (Lipinski definition) is 11. The molecule has 0 bridgehead atoms. The van der Waals surface area contributed by atoms with Gasteiger partial charge in [0.2, 0.25) is 5.91 Å². The first-order valence-electron chi connectivity index (χ1n) is 12.0. The minimum absolute atomic E-state index is 0.0170. The van der Waals surface area contributed by atoms with Gasteiger partial charge in [-0.3, -0.25) is 19.6 Å². The maximum absolute atomic E-state index is 13.3. The SMILES string of the molecule is CCC(=O)Nc1cc(N=Nc2ccc([N+](=O)[O-])cc2C#N)c2c(NS(=O)(=O)c3cccc(S(=O)(=O)Cl)c3)cccc2c1O. The summed E-state index contributed by atoms with van der Waals surface area (Å²) in [4.78, 5) is 21.7. The van der Waals surface area contributed by atoms with E-state index in [-0.39, 0.29) is 51.2 Å². The second-order valence-electron chi connectivity index (χ2n) is 8.71. The Kier molecular flexibility index (Phi) is 8.62. The van der Waals surface area contributed by atoms with Gasteiger partial charge in [0.05, 0.1) is 37.3 Å². The zero-order valence-electron chi connectivity index (χ0n) is 21.8. The van der Waals surface area contributed by atoms with E-state index in [1.807, 2.05) is 0 Å². The molecule has 0 fully saturated rings. The van der Waals surface area contributed by atoms with Crippen LogP contribution in [0.4, 0.5) is 28.4 Å². The summed E-state index contributed by atoms with van der Waals surface area (Å²) in [7, 11) is -3.32. The van der Waals surface area contributed by atoms with Gasteiger partial charge in [-0.05, 0) is 36.4 Å². The predicted molar refractivity (Wildman–Crippen MR) is 157 cm³/mol. The lowest BCUT2D eigenvalue weighted by Crippen LogP contribution is -2.14. The number of carbonyl (C=O) groups excluding carboxylic acids is 1. The van der Waals surface area contributed by atoms with Gasteiger partial charge in [-0.25, -0.2) is 16.8 Å². The van der Waals surface area contributed by atoms with E-state index in [4.69, 9.17) is 10.7 Å². The summed E-state index contributed by atoms with van der Waals surface area (Å²) in [6.07, 6.45) is 0.0690. The van der Waals surface area contributed by atoms with Gasteiger partial charge in [0.1, 0.15) is 17.5 Å². The van der Waals surface area contributed by atoms with Crippen molar-refractivity contribution in [1.29, 1.82) is 5.26 Å². The lowest BCUT2D eigenvalue weighted by molar-refractivity contribution is -0.384. The van der Waals surface area contributed by atoms with E-state index in [1.54, 1.807) is 13.0 Å². The molecule has 0 saturated heterocycles. The summed E-state index contributed by atoms with van der Waals surface area (Å²) >= 11 is 0. The minimum atomic E-state index is -4.44. The Morgan fingerprint density at radius 2 is 1.67 bits per heavy atom. The Morgan fingerprint density at radius 1 is 1.00 bits per heavy atom. The Hall–Kier alpha value is -5.11. The third-order valence-corrected chi connectivity index (χ3v) is 8.64. The molecule has 17 heteroatoms. The number of nitrogens with one attached hydrogen (secondary N) is 2. The Labute approximate surface area is 248 Å². The smallest absolute Gasteiger partial charge is 0.270 e. The molecular weight excluding hydrogens is 624 g/mol. The number of nitrogens with zero attached hydrogens (tertiary/aromatic N) is 4. The quantitative estimate of drug-likeness (QED) is 0.0657. The van der Waals surface area contributed by atoms with Gasteiger partial charge in [0, 0.05) is 40.0 Å². The predicted octanol–water partition coefficient (Wildman–Crippen LogP) is 5.82. The molecule has 0 aliphatic carbocycles. The van der Waals surface area contributed by atoms with Crippen molar-refractivity contribution >= 4 is 74.9 Å². The van der Waals surface area contributed by atoms with Crippen LogP contribution in [-0.4, -0.2) is 32.8 Å². The molecular formula is C26H19ClN6O8S2. The van der Waals surface area contributed by atoms with Crippen LogP contribution in [0.1, 0.15) is 18.9 Å². The van der Waals surface area contributed by atoms with Crippen LogP contribution in [0.3, 0.4) is 0 Å². The standard InChI is InChI=1S/C26H19ClN6O8S2/c1-2-24(34)29-23-13-22(31-30-20-10-9-16(33(36)37)11-15(20)14-28)25-19(26(23)35)7-4-8-21(25)32-43(40,41)18-6-3-5-17(12-18)42(27,38)39/h3-13,32,35H,2H2,1H3,(H,29,34). The van der Waals surface area contributed by atoms with Crippen LogP contribution < -0.4 is 10.0 Å². The Bertz CT molecular complexity index is 2090. The molecule has 0 aromatic heterocycles. The van der Waals surface area contributed by atoms with Crippen molar-refractivity contribution in [1.82, 2.24) is 0 Å². The molecule has 220 valence electrons. The average Bonchev–Trinajstić information content (AvgIpc) is 2.97. The number of non-ortho nitro benzene ring substituents is 1. The highest BCUT2D eigenvalue weighted by atomic mass is 35.7. The third-order valence-electron chi connectivity index (χ3n) is 5.93. The number of azo groups is 1. The number of nitro groups is 1. The van der Waals surface area contributed by atoms with Crippen LogP contribution in [0.5, 0.6) is 5.75 Å². The van der Waals surface area contributed by atoms with Crippen molar-refractivity contribution in [3.8, 4) is 11.8 Å². The number of phenolic OH excluding ortho intramolecular Hbond substituents is 1. The number of rotatable bonds is 9. The van der Waals surface area contributed by atoms with Gasteiger partial charge in [0.25, 0.3) is 24.8 Å². The van der Waals surface area contributed by atoms with E-state index in [9.17, 15) is 42.1 Å². The van der Waals surface area contributed by atoms with Crippen molar-refractivity contribution in [2.75, 3.05) is 10.0 Å². The highest BCUT2D eigenvalue weighted by Crippen LogP contribution is 2.44. The van der Waals surface area contributed by atoms with Crippen molar-refractivity contribution in [3.05, 3.63) is 82.4 Å². The van der Waals surface area contributed by atoms with E-state index >= 15 is 0 Å². The van der Waals surface area contributed by atoms with Crippen LogP contribution in [0, 0.1) is 21.4 Å². The summed E-state index contributed by atoms with van der Waals surface area (Å²) in [6, 6.07) is 14.9. The topological polar surface area (TPSA) is 221 Å². The lowest BCUT2D eigenvalue weighted by Gasteiger charge is -2.16. The molecule has 0 aliphatic heterocycles. The summed E-state index contributed by atoms with van der Waals surface area (Å²) < 4.78 is 52.5. The molecule has 0 radical (unpaired) electrons. The molecule has 14 nitrogen and oxygen atoms in total. The molecule has 4 aromatic rings. The maximum atomic E-state index is 13.3. The molecule has 3 N–H and O–H groups in total. The number of fused-ring (bicyclic) bond motifs is 1. The van der Waals surface area contributed by atoms with Crippen LogP contribution in [0.15, 0.2) is 86.7 Å². The number of nitro benzene ring substituents is 1. The Balaban J connectivity index is 1.91. The zero-order valence-corrected chi connectivity index (χ0v) is 24.2. The number of hydrogen-bond donors (Lipinski definition) is 3. The molecule has 0 spiro atoms. The third kappa shape index (κ3) is 6.70. The largest absolute Gasteiger partial charge is 0.505 e. The van der Waals surface area contributed by atoms with Crippen LogP contribution in [-0.2, 0) is 23.9 Å². The van der Waals surface area contributed by atoms with Crippen LogP contribution in [0.25, 0.3) is 10.8 Å². The van der Waals surface area contributed by atoms with E-state index < -0.39 is 45.4 Å². The number of sulfonamides is 1. The number of phenols is 1. The molecule has 4 rings (SSSR count). The fraction of sp³-hybridized carbons (Fsp3) is 0.0769. The zero-order chi connectivity index (χ0) is 31.5. The van der Waals surface area contributed by atoms with E-state index in [0.717, 1.165) is 30.3 Å². The molecule has 4 aromatic carbocycles. The normalized spacial score (nSPS) is 11.7. The van der Waals surface area contributed by atoms with E-state index in [0.29, 0.717) is 0 Å². The van der Waals surface area contributed by atoms with Gasteiger partial charge in [0.15, 0.2) is 0 Å². The monoisotopic (exact) mass is 642 g/mol. The van der Waals surface area contributed by atoms with Gasteiger partial charge < -0.3 is 10.4 Å². The summed E-state index contributed by atoms with van der Waals surface area (Å²) in [5, 5.41) is 42.3. The van der Waals surface area contributed by atoms with Crippen molar-refractivity contribution in [3.63, 3.8) is 0 Å². The number of carbonyl (C=O) groups is 1. The van der Waals surface area contributed by atoms with Gasteiger partial charge in [-0.2, -0.15) is 5.26 Å². The fourth-order valence-corrected chi connectivity index (χ4v) is 5.85. The molecule has 0 saturated carbocycles. The molecule has 0 heterocycles. The van der Waals surface area contributed by atoms with Gasteiger partial charge in [-0.1, -0.05) is 25.1 Å². The second kappa shape index (κ2) is 12.0. The highest BCUT2D eigenvalue weighted by molar-refractivity contribution is 8.13. The van der Waals surface area contributed by atoms with Crippen LogP contribution >= 0.6 is 10.7 Å². The number of halogens is 1. The minimum Gasteiger partial charge on any atom is -0.505 e. The molecule has 0 atom stereocenters. The van der Waals surface area contributed by atoms with Crippen molar-refractivity contribution in [2.45, 2.75) is 23.1 Å². The number of amides is 1. The summed E-state index contributed by atoms with van der Waals surface area (Å²) in [5.74, 6) is -0.870. The summed E-state index contributed by atoms with van der Waals surface area (Å²) in [5.41, 5.74) is -0.827. The summed E-state index contributed by atoms with van der Waals surface area (Å²) in [6.45, 7) is 1.59.